The average molecular weight is 281 g/mol. The van der Waals surface area contributed by atoms with Crippen LogP contribution in [-0.4, -0.2) is 9.97 Å². The fourth-order valence-electron chi connectivity index (χ4n) is 1.25. The molecule has 0 saturated heterocycles. The summed E-state index contributed by atoms with van der Waals surface area (Å²) in [6.45, 7) is 6.19. The number of rotatable bonds is 1. The summed E-state index contributed by atoms with van der Waals surface area (Å²) in [7, 11) is 0. The van der Waals surface area contributed by atoms with Crippen LogP contribution >= 0.6 is 15.9 Å². The molecule has 86 valence electrons. The molecule has 2 rings (SSSR count). The lowest BCUT2D eigenvalue weighted by molar-refractivity contribution is 1.09. The lowest BCUT2D eigenvalue weighted by Crippen LogP contribution is -1.77. The Morgan fingerprint density at radius 2 is 1.75 bits per heavy atom. The van der Waals surface area contributed by atoms with E-state index in [9.17, 15) is 0 Å². The van der Waals surface area contributed by atoms with Crippen molar-refractivity contribution in [3.63, 3.8) is 0 Å². The lowest BCUT2D eigenvalue weighted by Gasteiger charge is -1.95. The molecule has 0 spiro atoms. The maximum absolute atomic E-state index is 4.38. The van der Waals surface area contributed by atoms with Crippen LogP contribution in [-0.2, 0) is 0 Å². The lowest BCUT2D eigenvalue weighted by atomic mass is 10.2. The predicted octanol–water partition coefficient (Wildman–Crippen LogP) is 4.56. The molecule has 0 aliphatic heterocycles. The standard InChI is InChI=1S/C10H9BrN2.C3H8/c1-7-12-9(10(11)13-7)8-5-3-2-4-6-8;1-3-2/h2-6H,1H3,(H,12,13);3H2,1-2H3. The van der Waals surface area contributed by atoms with E-state index < -0.39 is 0 Å². The molecule has 0 amide bonds. The van der Waals surface area contributed by atoms with Gasteiger partial charge in [-0.25, -0.2) is 4.98 Å². The molecule has 0 aliphatic carbocycles. The number of imidazole rings is 1. The molecule has 0 saturated carbocycles. The summed E-state index contributed by atoms with van der Waals surface area (Å²) in [5.74, 6) is 0.922. The van der Waals surface area contributed by atoms with Crippen molar-refractivity contribution < 1.29 is 0 Å². The van der Waals surface area contributed by atoms with Gasteiger partial charge in [0.25, 0.3) is 0 Å². The van der Waals surface area contributed by atoms with Crippen LogP contribution in [0.4, 0.5) is 0 Å². The molecule has 2 nitrogen and oxygen atoms in total. The van der Waals surface area contributed by atoms with Crippen LogP contribution in [0.25, 0.3) is 11.3 Å². The van der Waals surface area contributed by atoms with Gasteiger partial charge in [0.2, 0.25) is 0 Å². The van der Waals surface area contributed by atoms with Crippen molar-refractivity contribution in [2.24, 2.45) is 0 Å². The smallest absolute Gasteiger partial charge is 0.110 e. The second-order valence-corrected chi connectivity index (χ2v) is 4.35. The highest BCUT2D eigenvalue weighted by Gasteiger charge is 2.06. The Hall–Kier alpha value is -1.09. The second-order valence-electron chi connectivity index (χ2n) is 3.56. The van der Waals surface area contributed by atoms with Crippen molar-refractivity contribution in [2.45, 2.75) is 27.2 Å². The highest BCUT2D eigenvalue weighted by Crippen LogP contribution is 2.24. The monoisotopic (exact) mass is 280 g/mol. The van der Waals surface area contributed by atoms with Crippen LogP contribution in [0.1, 0.15) is 26.1 Å². The van der Waals surface area contributed by atoms with Crippen molar-refractivity contribution in [3.8, 4) is 11.3 Å². The van der Waals surface area contributed by atoms with Crippen molar-refractivity contribution >= 4 is 15.9 Å². The number of aromatic amines is 1. The van der Waals surface area contributed by atoms with Gasteiger partial charge in [-0.05, 0) is 22.9 Å². The van der Waals surface area contributed by atoms with Crippen LogP contribution in [0.3, 0.4) is 0 Å². The fraction of sp³-hybridized carbons (Fsp3) is 0.308. The maximum atomic E-state index is 4.38. The van der Waals surface area contributed by atoms with Gasteiger partial charge >= 0.3 is 0 Å². The third kappa shape index (κ3) is 3.49. The first-order valence-electron chi connectivity index (χ1n) is 5.46. The first-order chi connectivity index (χ1) is 7.69. The summed E-state index contributed by atoms with van der Waals surface area (Å²) in [6, 6.07) is 10.1. The second kappa shape index (κ2) is 6.48. The number of nitrogens with one attached hydrogen (secondary N) is 1. The van der Waals surface area contributed by atoms with Crippen molar-refractivity contribution in [3.05, 3.63) is 40.8 Å². The third-order valence-corrected chi connectivity index (χ3v) is 2.40. The first kappa shape index (κ1) is 13.0. The summed E-state index contributed by atoms with van der Waals surface area (Å²) in [6.07, 6.45) is 1.25. The highest BCUT2D eigenvalue weighted by molar-refractivity contribution is 9.10. The SMILES string of the molecule is CCC.Cc1nc(-c2ccccc2)c(Br)[nH]1. The number of aromatic nitrogens is 2. The van der Waals surface area contributed by atoms with Crippen molar-refractivity contribution in [1.82, 2.24) is 9.97 Å². The topological polar surface area (TPSA) is 28.7 Å². The Kier molecular flexibility index (Phi) is 5.26. The van der Waals surface area contributed by atoms with E-state index in [1.165, 1.54) is 6.42 Å². The molecule has 1 aromatic carbocycles. The van der Waals surface area contributed by atoms with Gasteiger partial charge in [0.15, 0.2) is 0 Å². The van der Waals surface area contributed by atoms with Gasteiger partial charge in [-0.15, -0.1) is 0 Å². The van der Waals surface area contributed by atoms with E-state index in [2.05, 4.69) is 39.7 Å². The van der Waals surface area contributed by atoms with E-state index in [0.717, 1.165) is 21.7 Å². The number of benzene rings is 1. The van der Waals surface area contributed by atoms with Crippen molar-refractivity contribution in [1.29, 1.82) is 0 Å². The van der Waals surface area contributed by atoms with Gasteiger partial charge in [-0.2, -0.15) is 0 Å². The van der Waals surface area contributed by atoms with Crippen molar-refractivity contribution in [2.75, 3.05) is 0 Å². The zero-order chi connectivity index (χ0) is 12.0. The zero-order valence-corrected chi connectivity index (χ0v) is 11.5. The summed E-state index contributed by atoms with van der Waals surface area (Å²) in [5, 5.41) is 0. The summed E-state index contributed by atoms with van der Waals surface area (Å²) < 4.78 is 0.941. The minimum absolute atomic E-state index is 0.922. The summed E-state index contributed by atoms with van der Waals surface area (Å²) >= 11 is 3.44. The maximum Gasteiger partial charge on any atom is 0.110 e. The highest BCUT2D eigenvalue weighted by atomic mass is 79.9. The van der Waals surface area contributed by atoms with Crippen LogP contribution < -0.4 is 0 Å². The molecule has 1 N–H and O–H groups in total. The average Bonchev–Trinajstić information content (AvgIpc) is 2.60. The molecular weight excluding hydrogens is 264 g/mol. The Labute approximate surface area is 105 Å². The number of nitrogens with zero attached hydrogens (tertiary/aromatic N) is 1. The number of hydrogen-bond acceptors (Lipinski definition) is 1. The Bertz CT molecular complexity index is 421. The molecule has 0 fully saturated rings. The summed E-state index contributed by atoms with van der Waals surface area (Å²) in [4.78, 5) is 7.49. The van der Waals surface area contributed by atoms with Gasteiger partial charge in [0.05, 0.1) is 0 Å². The Morgan fingerprint density at radius 1 is 1.19 bits per heavy atom. The Morgan fingerprint density at radius 3 is 2.19 bits per heavy atom. The van der Waals surface area contributed by atoms with E-state index in [-0.39, 0.29) is 0 Å². The number of aryl methyl sites for hydroxylation is 1. The molecule has 16 heavy (non-hydrogen) atoms. The number of hydrogen-bond donors (Lipinski definition) is 1. The Balaban J connectivity index is 0.000000386. The van der Waals surface area contributed by atoms with Crippen LogP contribution in [0, 0.1) is 6.92 Å². The minimum Gasteiger partial charge on any atom is -0.336 e. The molecule has 2 aromatic rings. The molecule has 0 aliphatic rings. The first-order valence-corrected chi connectivity index (χ1v) is 6.25. The van der Waals surface area contributed by atoms with Gasteiger partial charge in [-0.1, -0.05) is 50.6 Å². The van der Waals surface area contributed by atoms with Gasteiger partial charge in [-0.3, -0.25) is 0 Å². The fourth-order valence-corrected chi connectivity index (χ4v) is 1.85. The molecule has 1 heterocycles. The van der Waals surface area contributed by atoms with Gasteiger partial charge < -0.3 is 4.98 Å². The number of H-pyrrole nitrogens is 1. The molecule has 0 bridgehead atoms. The van der Waals surface area contributed by atoms with E-state index in [4.69, 9.17) is 0 Å². The van der Waals surface area contributed by atoms with Crippen LogP contribution in [0.5, 0.6) is 0 Å². The molecule has 1 aromatic heterocycles. The van der Waals surface area contributed by atoms with E-state index >= 15 is 0 Å². The number of halogens is 1. The molecule has 3 heteroatoms. The van der Waals surface area contributed by atoms with Gasteiger partial charge in [0.1, 0.15) is 16.1 Å². The molecule has 0 radical (unpaired) electrons. The van der Waals surface area contributed by atoms with E-state index in [1.807, 2.05) is 37.3 Å². The molecule has 0 unspecified atom stereocenters. The van der Waals surface area contributed by atoms with E-state index in [0.29, 0.717) is 0 Å². The van der Waals surface area contributed by atoms with Crippen LogP contribution in [0.15, 0.2) is 34.9 Å². The summed E-state index contributed by atoms with van der Waals surface area (Å²) in [5.41, 5.74) is 2.09. The zero-order valence-electron chi connectivity index (χ0n) is 9.92. The molecule has 0 atom stereocenters. The van der Waals surface area contributed by atoms with Gasteiger partial charge in [0, 0.05) is 5.56 Å². The molecular formula is C13H17BrN2. The third-order valence-electron chi connectivity index (χ3n) is 1.83. The van der Waals surface area contributed by atoms with Crippen LogP contribution in [0.2, 0.25) is 0 Å². The van der Waals surface area contributed by atoms with E-state index in [1.54, 1.807) is 0 Å². The predicted molar refractivity (Wildman–Crippen MR) is 72.4 cm³/mol. The largest absolute Gasteiger partial charge is 0.336 e. The normalized spacial score (nSPS) is 9.50. The quantitative estimate of drug-likeness (QED) is 0.815. The minimum atomic E-state index is 0.922.